The van der Waals surface area contributed by atoms with Crippen LogP contribution in [0.2, 0.25) is 0 Å². The zero-order valence-corrected chi connectivity index (χ0v) is 12.4. The van der Waals surface area contributed by atoms with Gasteiger partial charge in [0, 0.05) is 31.8 Å². The Hall–Kier alpha value is -1.99. The van der Waals surface area contributed by atoms with E-state index >= 15 is 0 Å². The molecule has 1 atom stereocenters. The van der Waals surface area contributed by atoms with Gasteiger partial charge in [-0.2, -0.15) is 0 Å². The first kappa shape index (κ1) is 16.4. The second-order valence-electron chi connectivity index (χ2n) is 5.24. The van der Waals surface area contributed by atoms with Gasteiger partial charge in [0.25, 0.3) is 5.69 Å². The minimum atomic E-state index is -0.401. The monoisotopic (exact) mass is 307 g/mol. The Morgan fingerprint density at radius 1 is 1.36 bits per heavy atom. The Morgan fingerprint density at radius 3 is 2.77 bits per heavy atom. The van der Waals surface area contributed by atoms with E-state index in [9.17, 15) is 14.9 Å². The summed E-state index contributed by atoms with van der Waals surface area (Å²) in [6, 6.07) is 6.59. The number of nitro benzene ring substituents is 1. The van der Waals surface area contributed by atoms with Gasteiger partial charge in [0.05, 0.1) is 11.5 Å². The van der Waals surface area contributed by atoms with E-state index in [-0.39, 0.29) is 17.7 Å². The van der Waals surface area contributed by atoms with E-state index < -0.39 is 4.92 Å². The van der Waals surface area contributed by atoms with Crippen LogP contribution in [-0.2, 0) is 16.0 Å². The van der Waals surface area contributed by atoms with E-state index in [1.807, 2.05) is 0 Å². The van der Waals surface area contributed by atoms with Crippen molar-refractivity contribution in [3.8, 4) is 0 Å². The van der Waals surface area contributed by atoms with Gasteiger partial charge >= 0.3 is 0 Å². The largest absolute Gasteiger partial charge is 0.366 e. The maximum atomic E-state index is 11.8. The molecule has 0 bridgehead atoms. The maximum absolute atomic E-state index is 11.8. The normalized spacial score (nSPS) is 17.9. The van der Waals surface area contributed by atoms with Crippen LogP contribution in [0.25, 0.3) is 0 Å². The van der Waals surface area contributed by atoms with Crippen LogP contribution in [0.15, 0.2) is 24.3 Å². The van der Waals surface area contributed by atoms with Crippen molar-refractivity contribution in [1.29, 1.82) is 0 Å². The van der Waals surface area contributed by atoms with Crippen LogP contribution in [0.3, 0.4) is 0 Å². The highest BCUT2D eigenvalue weighted by molar-refractivity contribution is 5.81. The van der Waals surface area contributed by atoms with Gasteiger partial charge in [0.2, 0.25) is 5.91 Å². The quantitative estimate of drug-likeness (QED) is 0.446. The molecule has 22 heavy (non-hydrogen) atoms. The number of hydrogen-bond acceptors (Lipinski definition) is 5. The number of nitrogens with zero attached hydrogens (tertiary/aromatic N) is 1. The lowest BCUT2D eigenvalue weighted by Crippen LogP contribution is -2.48. The number of rotatable bonds is 7. The number of morpholine rings is 1. The Bertz CT molecular complexity index is 498. The molecule has 7 heteroatoms. The topological polar surface area (TPSA) is 93.5 Å². The van der Waals surface area contributed by atoms with Crippen LogP contribution in [0.1, 0.15) is 18.4 Å². The van der Waals surface area contributed by atoms with Gasteiger partial charge in [-0.1, -0.05) is 12.1 Å². The zero-order valence-electron chi connectivity index (χ0n) is 12.4. The molecule has 2 N–H and O–H groups in total. The minimum Gasteiger partial charge on any atom is -0.366 e. The molecule has 0 spiro atoms. The molecular formula is C15H21N3O4. The molecule has 1 fully saturated rings. The number of carbonyl (C=O) groups is 1. The van der Waals surface area contributed by atoms with E-state index in [4.69, 9.17) is 4.74 Å². The zero-order chi connectivity index (χ0) is 15.8. The van der Waals surface area contributed by atoms with E-state index in [0.29, 0.717) is 19.7 Å². The number of ether oxygens (including phenoxy) is 1. The summed E-state index contributed by atoms with van der Waals surface area (Å²) in [4.78, 5) is 21.9. The Morgan fingerprint density at radius 2 is 2.14 bits per heavy atom. The average molecular weight is 307 g/mol. The highest BCUT2D eigenvalue weighted by Crippen LogP contribution is 2.13. The third kappa shape index (κ3) is 5.09. The van der Waals surface area contributed by atoms with E-state index in [0.717, 1.165) is 31.4 Å². The lowest BCUT2D eigenvalue weighted by molar-refractivity contribution is -0.384. The number of carbonyl (C=O) groups excluding carboxylic acids is 1. The van der Waals surface area contributed by atoms with Crippen molar-refractivity contribution in [2.24, 2.45) is 0 Å². The average Bonchev–Trinajstić information content (AvgIpc) is 2.55. The van der Waals surface area contributed by atoms with Crippen molar-refractivity contribution in [2.45, 2.75) is 25.4 Å². The molecule has 120 valence electrons. The molecule has 1 unspecified atom stereocenters. The summed E-state index contributed by atoms with van der Waals surface area (Å²) in [5, 5.41) is 16.5. The summed E-state index contributed by atoms with van der Waals surface area (Å²) in [5.41, 5.74) is 1.17. The summed E-state index contributed by atoms with van der Waals surface area (Å²) >= 11 is 0. The van der Waals surface area contributed by atoms with Crippen LogP contribution < -0.4 is 10.6 Å². The molecule has 1 aliphatic rings. The Kier molecular flexibility index (Phi) is 6.29. The maximum Gasteiger partial charge on any atom is 0.269 e. The lowest BCUT2D eigenvalue weighted by Gasteiger charge is -2.22. The molecule has 1 aliphatic heterocycles. The minimum absolute atomic E-state index is 0.0671. The van der Waals surface area contributed by atoms with Crippen molar-refractivity contribution in [3.63, 3.8) is 0 Å². The Balaban J connectivity index is 1.60. The van der Waals surface area contributed by atoms with Gasteiger partial charge in [-0.3, -0.25) is 14.9 Å². The van der Waals surface area contributed by atoms with E-state index in [1.165, 1.54) is 12.1 Å². The highest BCUT2D eigenvalue weighted by atomic mass is 16.6. The van der Waals surface area contributed by atoms with Crippen LogP contribution >= 0.6 is 0 Å². The summed E-state index contributed by atoms with van der Waals surface area (Å²) in [6.45, 7) is 2.54. The summed E-state index contributed by atoms with van der Waals surface area (Å²) in [5.74, 6) is -0.0671. The van der Waals surface area contributed by atoms with Gasteiger partial charge in [-0.05, 0) is 24.8 Å². The number of aryl methyl sites for hydroxylation is 1. The van der Waals surface area contributed by atoms with Gasteiger partial charge in [0.15, 0.2) is 0 Å². The van der Waals surface area contributed by atoms with Crippen molar-refractivity contribution in [2.75, 3.05) is 26.2 Å². The molecule has 0 aromatic heterocycles. The second-order valence-corrected chi connectivity index (χ2v) is 5.24. The van der Waals surface area contributed by atoms with Gasteiger partial charge in [0.1, 0.15) is 6.10 Å². The number of amides is 1. The van der Waals surface area contributed by atoms with Gasteiger partial charge < -0.3 is 15.4 Å². The van der Waals surface area contributed by atoms with Crippen LogP contribution in [-0.4, -0.2) is 43.2 Å². The fourth-order valence-electron chi connectivity index (χ4n) is 2.30. The van der Waals surface area contributed by atoms with Crippen molar-refractivity contribution < 1.29 is 14.5 Å². The number of benzene rings is 1. The Labute approximate surface area is 129 Å². The number of unbranched alkanes of at least 4 members (excludes halogenated alkanes) is 1. The summed E-state index contributed by atoms with van der Waals surface area (Å²) in [6.07, 6.45) is 2.24. The van der Waals surface area contributed by atoms with Gasteiger partial charge in [-0.15, -0.1) is 0 Å². The molecule has 1 heterocycles. The van der Waals surface area contributed by atoms with Crippen molar-refractivity contribution >= 4 is 11.6 Å². The van der Waals surface area contributed by atoms with Crippen molar-refractivity contribution in [1.82, 2.24) is 10.6 Å². The SMILES string of the molecule is O=C(NCCCCc1ccc([N+](=O)[O-])cc1)C1CNCCO1. The predicted molar refractivity (Wildman–Crippen MR) is 81.7 cm³/mol. The van der Waals surface area contributed by atoms with Crippen LogP contribution in [0.5, 0.6) is 0 Å². The molecule has 0 aliphatic carbocycles. The molecule has 1 amide bonds. The number of non-ortho nitro benzene ring substituents is 1. The first-order valence-electron chi connectivity index (χ1n) is 7.50. The summed E-state index contributed by atoms with van der Waals surface area (Å²) < 4.78 is 5.37. The molecule has 0 radical (unpaired) electrons. The standard InChI is InChI=1S/C15H21N3O4/c19-15(14-11-16-9-10-22-14)17-8-2-1-3-12-4-6-13(7-5-12)18(20)21/h4-7,14,16H,1-3,8-11H2,(H,17,19). The van der Waals surface area contributed by atoms with Crippen LogP contribution in [0.4, 0.5) is 5.69 Å². The molecule has 1 aromatic carbocycles. The van der Waals surface area contributed by atoms with E-state index in [2.05, 4.69) is 10.6 Å². The third-order valence-electron chi connectivity index (χ3n) is 3.56. The number of nitro groups is 1. The first-order valence-corrected chi connectivity index (χ1v) is 7.50. The smallest absolute Gasteiger partial charge is 0.269 e. The highest BCUT2D eigenvalue weighted by Gasteiger charge is 2.20. The lowest BCUT2D eigenvalue weighted by atomic mass is 10.1. The first-order chi connectivity index (χ1) is 10.7. The second kappa shape index (κ2) is 8.45. The number of hydrogen-bond donors (Lipinski definition) is 2. The molecular weight excluding hydrogens is 286 g/mol. The molecule has 2 rings (SSSR count). The summed E-state index contributed by atoms with van der Waals surface area (Å²) in [7, 11) is 0. The number of nitrogens with one attached hydrogen (secondary N) is 2. The molecule has 7 nitrogen and oxygen atoms in total. The van der Waals surface area contributed by atoms with Crippen molar-refractivity contribution in [3.05, 3.63) is 39.9 Å². The van der Waals surface area contributed by atoms with Gasteiger partial charge in [-0.25, -0.2) is 0 Å². The third-order valence-corrected chi connectivity index (χ3v) is 3.56. The molecule has 0 saturated carbocycles. The predicted octanol–water partition coefficient (Wildman–Crippen LogP) is 1.02. The fraction of sp³-hybridized carbons (Fsp3) is 0.533. The van der Waals surface area contributed by atoms with Crippen LogP contribution in [0, 0.1) is 10.1 Å². The fourth-order valence-corrected chi connectivity index (χ4v) is 2.30. The molecule has 1 saturated heterocycles. The van der Waals surface area contributed by atoms with E-state index in [1.54, 1.807) is 12.1 Å². The molecule has 1 aromatic rings.